The van der Waals surface area contributed by atoms with Crippen molar-refractivity contribution in [2.24, 2.45) is 0 Å². The number of aliphatic hydroxyl groups excluding tert-OH is 1. The van der Waals surface area contributed by atoms with E-state index in [0.717, 1.165) is 12.2 Å². The smallest absolute Gasteiger partial charge is 0.392 e. The third-order valence-corrected chi connectivity index (χ3v) is 4.05. The molecule has 0 amide bonds. The molecular weight excluding hydrogens is 535 g/mol. The van der Waals surface area contributed by atoms with Gasteiger partial charge in [0.05, 0.1) is 13.2 Å². The third-order valence-electron chi connectivity index (χ3n) is 4.05. The average Bonchev–Trinajstić information content (AvgIpc) is 2.65. The molecule has 0 aliphatic rings. The van der Waals surface area contributed by atoms with Crippen LogP contribution in [0.15, 0.2) is 12.2 Å². The van der Waals surface area contributed by atoms with Crippen LogP contribution in [-0.4, -0.2) is 72.6 Å². The Balaban J connectivity index is 6.04. The van der Waals surface area contributed by atoms with E-state index in [1.54, 1.807) is 0 Å². The van der Waals surface area contributed by atoms with Gasteiger partial charge in [0.1, 0.15) is 0 Å². The predicted octanol–water partition coefficient (Wildman–Crippen LogP) is 6.34. The van der Waals surface area contributed by atoms with E-state index in [1.165, 1.54) is 0 Å². The Labute approximate surface area is 178 Å². The molecule has 0 radical (unpaired) electrons. The Bertz CT molecular complexity index is 696. The molecule has 0 aromatic rings. The number of ether oxygens (including phenoxy) is 1. The normalized spacial score (nSPS) is 15.9. The fourth-order valence-corrected chi connectivity index (χ4v) is 2.04. The van der Waals surface area contributed by atoms with Crippen LogP contribution in [-0.2, 0) is 4.74 Å². The van der Waals surface area contributed by atoms with E-state index in [1.807, 2.05) is 0 Å². The maximum Gasteiger partial charge on any atom is 0.460 e. The van der Waals surface area contributed by atoms with E-state index in [0.29, 0.717) is 0 Å². The van der Waals surface area contributed by atoms with E-state index >= 15 is 0 Å². The van der Waals surface area contributed by atoms with Crippen LogP contribution < -0.4 is 0 Å². The summed E-state index contributed by atoms with van der Waals surface area (Å²) in [6.07, 6.45) is -9.60. The summed E-state index contributed by atoms with van der Waals surface area (Å²) in [5.41, 5.74) is 0. The summed E-state index contributed by atoms with van der Waals surface area (Å²) < 4.78 is 226. The second kappa shape index (κ2) is 9.85. The van der Waals surface area contributed by atoms with Gasteiger partial charge in [-0.2, -0.15) is 74.6 Å². The molecule has 0 aromatic heterocycles. The summed E-state index contributed by atoms with van der Waals surface area (Å²) in [5.74, 6) is -56.2. The predicted molar refractivity (Wildman–Crippen MR) is 77.0 cm³/mol. The molecular formula is C15H13F17O2. The largest absolute Gasteiger partial charge is 0.460 e. The van der Waals surface area contributed by atoms with Gasteiger partial charge in [-0.3, -0.25) is 0 Å². The van der Waals surface area contributed by atoms with Gasteiger partial charge in [0.15, 0.2) is 0 Å². The molecule has 34 heavy (non-hydrogen) atoms. The van der Waals surface area contributed by atoms with Gasteiger partial charge in [0.2, 0.25) is 0 Å². The van der Waals surface area contributed by atoms with Crippen molar-refractivity contribution < 1.29 is 84.5 Å². The van der Waals surface area contributed by atoms with E-state index < -0.39 is 80.3 Å². The summed E-state index contributed by atoms with van der Waals surface area (Å²) in [7, 11) is 0. The first-order valence-corrected chi connectivity index (χ1v) is 8.36. The third kappa shape index (κ3) is 5.18. The van der Waals surface area contributed by atoms with Gasteiger partial charge in [-0.25, -0.2) is 0 Å². The molecule has 0 rings (SSSR count). The lowest BCUT2D eigenvalue weighted by Gasteiger charge is -2.42. The highest BCUT2D eigenvalue weighted by molar-refractivity contribution is 5.15. The van der Waals surface area contributed by atoms with Crippen LogP contribution in [0.25, 0.3) is 0 Å². The molecule has 0 aliphatic carbocycles. The topological polar surface area (TPSA) is 29.5 Å². The summed E-state index contributed by atoms with van der Waals surface area (Å²) in [6.45, 7) is -1.96. The zero-order chi connectivity index (χ0) is 27.7. The SMILES string of the molecule is OC/C=C\COCCCC(F)(F)C(F)(F)C(F)(F)C(F)(F)C(F)(F)C(F)(F)C(F)(F)C(F)(F)F. The van der Waals surface area contributed by atoms with Crippen LogP contribution in [0.2, 0.25) is 0 Å². The minimum atomic E-state index is -8.62. The highest BCUT2D eigenvalue weighted by atomic mass is 19.4. The van der Waals surface area contributed by atoms with Gasteiger partial charge >= 0.3 is 47.6 Å². The first-order valence-electron chi connectivity index (χ1n) is 8.36. The van der Waals surface area contributed by atoms with Crippen LogP contribution >= 0.6 is 0 Å². The summed E-state index contributed by atoms with van der Waals surface area (Å²) in [5, 5.41) is 8.34. The van der Waals surface area contributed by atoms with Crippen LogP contribution in [0.1, 0.15) is 12.8 Å². The Kier molecular flexibility index (Phi) is 9.40. The van der Waals surface area contributed by atoms with Crippen molar-refractivity contribution in [2.45, 2.75) is 60.5 Å². The first kappa shape index (κ1) is 32.5. The molecule has 0 aromatic carbocycles. The highest BCUT2D eigenvalue weighted by Crippen LogP contribution is 2.64. The zero-order valence-corrected chi connectivity index (χ0v) is 16.0. The number of hydrogen-bond acceptors (Lipinski definition) is 2. The monoisotopic (exact) mass is 548 g/mol. The molecule has 204 valence electrons. The van der Waals surface area contributed by atoms with Gasteiger partial charge in [-0.05, 0) is 6.42 Å². The lowest BCUT2D eigenvalue weighted by atomic mass is 9.88. The lowest BCUT2D eigenvalue weighted by Crippen LogP contribution is -2.74. The van der Waals surface area contributed by atoms with Crippen LogP contribution in [0.5, 0.6) is 0 Å². The second-order valence-electron chi connectivity index (χ2n) is 6.48. The maximum atomic E-state index is 13.6. The van der Waals surface area contributed by atoms with Crippen molar-refractivity contribution in [1.29, 1.82) is 0 Å². The van der Waals surface area contributed by atoms with Crippen molar-refractivity contribution >= 4 is 0 Å². The molecule has 2 nitrogen and oxygen atoms in total. The fourth-order valence-electron chi connectivity index (χ4n) is 2.04. The quantitative estimate of drug-likeness (QED) is 0.166. The summed E-state index contributed by atoms with van der Waals surface area (Å²) in [6, 6.07) is 0. The Morgan fingerprint density at radius 2 is 0.912 bits per heavy atom. The van der Waals surface area contributed by atoms with Crippen molar-refractivity contribution in [1.82, 2.24) is 0 Å². The molecule has 1 N–H and O–H groups in total. The zero-order valence-electron chi connectivity index (χ0n) is 16.0. The Hall–Kier alpha value is -1.53. The van der Waals surface area contributed by atoms with Crippen LogP contribution in [0.3, 0.4) is 0 Å². The van der Waals surface area contributed by atoms with Gasteiger partial charge in [0.25, 0.3) is 0 Å². The first-order chi connectivity index (χ1) is 14.8. The molecule has 0 atom stereocenters. The summed E-state index contributed by atoms with van der Waals surface area (Å²) >= 11 is 0. The molecule has 0 unspecified atom stereocenters. The van der Waals surface area contributed by atoms with Crippen molar-refractivity contribution in [3.63, 3.8) is 0 Å². The Morgan fingerprint density at radius 1 is 0.529 bits per heavy atom. The van der Waals surface area contributed by atoms with Crippen molar-refractivity contribution in [3.8, 4) is 0 Å². The number of hydrogen-bond donors (Lipinski definition) is 1. The molecule has 0 aliphatic heterocycles. The molecule has 0 bridgehead atoms. The Morgan fingerprint density at radius 3 is 1.29 bits per heavy atom. The number of alkyl halides is 17. The van der Waals surface area contributed by atoms with Gasteiger partial charge in [-0.15, -0.1) is 0 Å². The lowest BCUT2D eigenvalue weighted by molar-refractivity contribution is -0.461. The van der Waals surface area contributed by atoms with Gasteiger partial charge in [-0.1, -0.05) is 12.2 Å². The molecule has 0 fully saturated rings. The highest BCUT2D eigenvalue weighted by Gasteiger charge is 2.95. The maximum absolute atomic E-state index is 13.6. The fraction of sp³-hybridized carbons (Fsp3) is 0.867. The molecule has 0 heterocycles. The van der Waals surface area contributed by atoms with Crippen LogP contribution in [0.4, 0.5) is 74.6 Å². The van der Waals surface area contributed by atoms with E-state index in [2.05, 4.69) is 4.74 Å². The minimum Gasteiger partial charge on any atom is -0.392 e. The van der Waals surface area contributed by atoms with Gasteiger partial charge in [0, 0.05) is 13.0 Å². The average molecular weight is 548 g/mol. The number of rotatable bonds is 13. The summed E-state index contributed by atoms with van der Waals surface area (Å²) in [4.78, 5) is 0. The number of halogens is 17. The minimum absolute atomic E-state index is 0.467. The molecule has 19 heteroatoms. The second-order valence-corrected chi connectivity index (χ2v) is 6.48. The van der Waals surface area contributed by atoms with E-state index in [9.17, 15) is 74.6 Å². The van der Waals surface area contributed by atoms with E-state index in [4.69, 9.17) is 5.11 Å². The van der Waals surface area contributed by atoms with Crippen molar-refractivity contribution in [2.75, 3.05) is 19.8 Å². The number of aliphatic hydroxyl groups is 1. The molecule has 0 saturated heterocycles. The van der Waals surface area contributed by atoms with Crippen LogP contribution in [0, 0.1) is 0 Å². The van der Waals surface area contributed by atoms with E-state index in [-0.39, 0.29) is 0 Å². The van der Waals surface area contributed by atoms with Gasteiger partial charge < -0.3 is 9.84 Å². The standard InChI is InChI=1S/C15H13F17O2/c16-8(17,4-3-7-34-6-2-1-5-33)9(18,19)10(20,21)11(22,23)12(24,25)13(26,27)14(28,29)15(30,31)32/h1-2,33H,3-7H2/b2-1-. The molecule has 0 saturated carbocycles. The van der Waals surface area contributed by atoms with Crippen molar-refractivity contribution in [3.05, 3.63) is 12.2 Å². The molecule has 0 spiro atoms.